The normalized spacial score (nSPS) is 15.2. The first-order chi connectivity index (χ1) is 15.1. The van der Waals surface area contributed by atoms with Gasteiger partial charge >= 0.3 is 0 Å². The van der Waals surface area contributed by atoms with Gasteiger partial charge in [0.1, 0.15) is 16.4 Å². The van der Waals surface area contributed by atoms with Crippen molar-refractivity contribution in [3.63, 3.8) is 0 Å². The maximum absolute atomic E-state index is 12.9. The van der Waals surface area contributed by atoms with E-state index in [0.29, 0.717) is 11.5 Å². The highest BCUT2D eigenvalue weighted by Gasteiger charge is 2.34. The molecule has 0 aliphatic carbocycles. The molecule has 2 amide bonds. The lowest BCUT2D eigenvalue weighted by Gasteiger charge is -2.34. The zero-order valence-corrected chi connectivity index (χ0v) is 19.5. The fraction of sp³-hybridized carbons (Fsp3) is 0.500. The summed E-state index contributed by atoms with van der Waals surface area (Å²) in [5.74, 6) is 0.282. The molecule has 1 fully saturated rings. The molecule has 12 heteroatoms. The van der Waals surface area contributed by atoms with E-state index < -0.39 is 10.0 Å². The third kappa shape index (κ3) is 5.50. The minimum absolute atomic E-state index is 0.0295. The third-order valence-corrected chi connectivity index (χ3v) is 7.28. The number of hydrogen-bond donors (Lipinski definition) is 1. The van der Waals surface area contributed by atoms with Gasteiger partial charge in [-0.2, -0.15) is 4.31 Å². The number of carbonyl (C=O) groups excluding carboxylic acids is 2. The van der Waals surface area contributed by atoms with Crippen LogP contribution in [0.15, 0.2) is 27.6 Å². The topological polar surface area (TPSA) is 129 Å². The first-order valence-electron chi connectivity index (χ1n) is 10.2. The molecule has 0 atom stereocenters. The van der Waals surface area contributed by atoms with Crippen LogP contribution in [0.3, 0.4) is 0 Å². The average molecular weight is 465 g/mol. The first kappa shape index (κ1) is 23.8. The molecule has 0 aromatic carbocycles. The lowest BCUT2D eigenvalue weighted by molar-refractivity contribution is -0.133. The molecule has 3 rings (SSSR count). The van der Waals surface area contributed by atoms with Gasteiger partial charge in [0.2, 0.25) is 21.8 Å². The summed E-state index contributed by atoms with van der Waals surface area (Å²) in [5.41, 5.74) is 1.11. The summed E-state index contributed by atoms with van der Waals surface area (Å²) in [5, 5.41) is 6.43. The maximum atomic E-state index is 12.9. The average Bonchev–Trinajstić information content (AvgIpc) is 3.06. The summed E-state index contributed by atoms with van der Waals surface area (Å²) in [6.07, 6.45) is 0. The van der Waals surface area contributed by atoms with Crippen LogP contribution in [0.1, 0.15) is 17.1 Å². The number of anilines is 1. The number of aryl methyl sites for hydroxylation is 3. The van der Waals surface area contributed by atoms with Crippen LogP contribution in [0, 0.1) is 20.8 Å². The van der Waals surface area contributed by atoms with Crippen molar-refractivity contribution < 1.29 is 22.5 Å². The molecule has 1 aliphatic heterocycles. The highest BCUT2D eigenvalue weighted by Crippen LogP contribution is 2.24. The molecule has 0 radical (unpaired) electrons. The lowest BCUT2D eigenvalue weighted by atomic mass is 10.3. The van der Waals surface area contributed by atoms with Crippen LogP contribution in [0.2, 0.25) is 0 Å². The van der Waals surface area contributed by atoms with Gasteiger partial charge in [0.25, 0.3) is 0 Å². The van der Waals surface area contributed by atoms with Crippen LogP contribution in [-0.4, -0.2) is 90.8 Å². The van der Waals surface area contributed by atoms with Crippen molar-refractivity contribution in [1.82, 2.24) is 24.2 Å². The Balaban J connectivity index is 1.49. The van der Waals surface area contributed by atoms with Crippen molar-refractivity contribution in [1.29, 1.82) is 0 Å². The standard InChI is InChI=1S/C20H28N6O5S/c1-14-6-5-7-17(21-14)22-18(27)12-24(4)13-19(28)25-8-10-26(11-9-25)32(29,30)20-15(2)23-31-16(20)3/h5-7H,8-13H2,1-4H3,(H,21,22,27). The number of piperazine rings is 1. The zero-order valence-electron chi connectivity index (χ0n) is 18.7. The molecule has 1 saturated heterocycles. The highest BCUT2D eigenvalue weighted by atomic mass is 32.2. The van der Waals surface area contributed by atoms with Gasteiger partial charge in [-0.3, -0.25) is 14.5 Å². The van der Waals surface area contributed by atoms with Gasteiger partial charge < -0.3 is 14.7 Å². The van der Waals surface area contributed by atoms with E-state index in [2.05, 4.69) is 15.5 Å². The lowest BCUT2D eigenvalue weighted by Crippen LogP contribution is -2.52. The number of aromatic nitrogens is 2. The monoisotopic (exact) mass is 464 g/mol. The summed E-state index contributed by atoms with van der Waals surface area (Å²) >= 11 is 0. The Morgan fingerprint density at radius 3 is 2.41 bits per heavy atom. The number of nitrogens with one attached hydrogen (secondary N) is 1. The van der Waals surface area contributed by atoms with Crippen molar-refractivity contribution in [3.05, 3.63) is 35.3 Å². The summed E-state index contributed by atoms with van der Waals surface area (Å²) in [6.45, 7) is 5.97. The number of hydrogen-bond acceptors (Lipinski definition) is 8. The van der Waals surface area contributed by atoms with E-state index in [1.165, 1.54) is 4.31 Å². The van der Waals surface area contributed by atoms with E-state index >= 15 is 0 Å². The van der Waals surface area contributed by atoms with Gasteiger partial charge in [-0.25, -0.2) is 13.4 Å². The Kier molecular flexibility index (Phi) is 7.26. The second-order valence-electron chi connectivity index (χ2n) is 7.82. The Hall–Kier alpha value is -2.83. The van der Waals surface area contributed by atoms with Crippen molar-refractivity contribution in [2.75, 3.05) is 51.6 Å². The fourth-order valence-corrected chi connectivity index (χ4v) is 5.29. The van der Waals surface area contributed by atoms with Crippen molar-refractivity contribution >= 4 is 27.7 Å². The molecule has 32 heavy (non-hydrogen) atoms. The van der Waals surface area contributed by atoms with Gasteiger partial charge in [0.05, 0.1) is 13.1 Å². The quantitative estimate of drug-likeness (QED) is 0.623. The summed E-state index contributed by atoms with van der Waals surface area (Å²) < 4.78 is 32.1. The number of rotatable bonds is 7. The Labute approximate surface area is 187 Å². The molecule has 0 bridgehead atoms. The predicted octanol–water partition coefficient (Wildman–Crippen LogP) is 0.398. The second-order valence-corrected chi connectivity index (χ2v) is 9.70. The zero-order chi connectivity index (χ0) is 23.5. The fourth-order valence-electron chi connectivity index (χ4n) is 3.58. The molecule has 174 valence electrons. The van der Waals surface area contributed by atoms with Crippen LogP contribution < -0.4 is 5.32 Å². The second kappa shape index (κ2) is 9.76. The molecule has 0 spiro atoms. The molecule has 2 aromatic heterocycles. The van der Waals surface area contributed by atoms with E-state index in [9.17, 15) is 18.0 Å². The van der Waals surface area contributed by atoms with Crippen molar-refractivity contribution in [3.8, 4) is 0 Å². The molecule has 3 heterocycles. The van der Waals surface area contributed by atoms with E-state index in [4.69, 9.17) is 4.52 Å². The minimum Gasteiger partial charge on any atom is -0.360 e. The molecule has 0 saturated carbocycles. The molecule has 2 aromatic rings. The molecule has 0 unspecified atom stereocenters. The van der Waals surface area contributed by atoms with Crippen LogP contribution in [0.4, 0.5) is 5.82 Å². The SMILES string of the molecule is Cc1cccc(NC(=O)CN(C)CC(=O)N2CCN(S(=O)(=O)c3c(C)noc3C)CC2)n1. The van der Waals surface area contributed by atoms with E-state index in [1.54, 1.807) is 42.8 Å². The van der Waals surface area contributed by atoms with Gasteiger partial charge in [-0.1, -0.05) is 11.2 Å². The Morgan fingerprint density at radius 2 is 1.81 bits per heavy atom. The predicted molar refractivity (Wildman–Crippen MR) is 116 cm³/mol. The van der Waals surface area contributed by atoms with E-state index in [-0.39, 0.29) is 61.7 Å². The summed E-state index contributed by atoms with van der Waals surface area (Å²) in [6, 6.07) is 5.34. The number of sulfonamides is 1. The molecule has 1 N–H and O–H groups in total. The molecule has 11 nitrogen and oxygen atoms in total. The Morgan fingerprint density at radius 1 is 1.12 bits per heavy atom. The maximum Gasteiger partial charge on any atom is 0.248 e. The minimum atomic E-state index is -3.73. The van der Waals surface area contributed by atoms with Crippen LogP contribution >= 0.6 is 0 Å². The smallest absolute Gasteiger partial charge is 0.248 e. The molecular formula is C20H28N6O5S. The van der Waals surface area contributed by atoms with Gasteiger partial charge in [-0.15, -0.1) is 0 Å². The van der Waals surface area contributed by atoms with Crippen LogP contribution in [-0.2, 0) is 19.6 Å². The first-order valence-corrected chi connectivity index (χ1v) is 11.6. The van der Waals surface area contributed by atoms with Crippen molar-refractivity contribution in [2.24, 2.45) is 0 Å². The highest BCUT2D eigenvalue weighted by molar-refractivity contribution is 7.89. The third-order valence-electron chi connectivity index (χ3n) is 5.13. The van der Waals surface area contributed by atoms with Crippen molar-refractivity contribution in [2.45, 2.75) is 25.7 Å². The van der Waals surface area contributed by atoms with Gasteiger partial charge in [-0.05, 0) is 40.0 Å². The van der Waals surface area contributed by atoms with Gasteiger partial charge in [0.15, 0.2) is 5.76 Å². The molecular weight excluding hydrogens is 436 g/mol. The van der Waals surface area contributed by atoms with Gasteiger partial charge in [0, 0.05) is 31.9 Å². The number of likely N-dealkylation sites (N-methyl/N-ethyl adjacent to an activating group) is 1. The number of pyridine rings is 1. The number of carbonyl (C=O) groups is 2. The Bertz CT molecular complexity index is 1070. The molecule has 1 aliphatic rings. The van der Waals surface area contributed by atoms with Crippen LogP contribution in [0.25, 0.3) is 0 Å². The number of nitrogens with zero attached hydrogens (tertiary/aromatic N) is 5. The van der Waals surface area contributed by atoms with Crippen LogP contribution in [0.5, 0.6) is 0 Å². The number of amides is 2. The summed E-state index contributed by atoms with van der Waals surface area (Å²) in [7, 11) is -2.05. The van der Waals surface area contributed by atoms with E-state index in [0.717, 1.165) is 5.69 Å². The summed E-state index contributed by atoms with van der Waals surface area (Å²) in [4.78, 5) is 32.4. The largest absolute Gasteiger partial charge is 0.360 e. The van der Waals surface area contributed by atoms with E-state index in [1.807, 2.05) is 13.0 Å².